The standard InChI is InChI=1S/C13H12BrNO2/c1-2-12-11(13(16)17)7-8-15(12)10-5-3-9(14)4-6-10/h3-8H,2H2,1H3,(H,16,17). The van der Waals surface area contributed by atoms with Gasteiger partial charge in [0, 0.05) is 22.1 Å². The van der Waals surface area contributed by atoms with Gasteiger partial charge in [0.25, 0.3) is 0 Å². The Bertz CT molecular complexity index is 543. The molecule has 2 rings (SSSR count). The van der Waals surface area contributed by atoms with E-state index in [-0.39, 0.29) is 0 Å². The lowest BCUT2D eigenvalue weighted by Crippen LogP contribution is -2.04. The molecule has 0 unspecified atom stereocenters. The van der Waals surface area contributed by atoms with Crippen LogP contribution in [0, 0.1) is 0 Å². The highest BCUT2D eigenvalue weighted by atomic mass is 79.9. The Kier molecular flexibility index (Phi) is 3.33. The quantitative estimate of drug-likeness (QED) is 0.941. The summed E-state index contributed by atoms with van der Waals surface area (Å²) in [5.74, 6) is -0.877. The Morgan fingerprint density at radius 1 is 1.29 bits per heavy atom. The summed E-state index contributed by atoms with van der Waals surface area (Å²) in [6.07, 6.45) is 2.48. The molecule has 0 atom stereocenters. The molecule has 0 aliphatic heterocycles. The van der Waals surface area contributed by atoms with Crippen LogP contribution in [0.1, 0.15) is 23.0 Å². The molecule has 0 fully saturated rings. The number of hydrogen-bond acceptors (Lipinski definition) is 1. The summed E-state index contributed by atoms with van der Waals surface area (Å²) in [5.41, 5.74) is 2.16. The number of rotatable bonds is 3. The van der Waals surface area contributed by atoms with Gasteiger partial charge in [0.05, 0.1) is 5.56 Å². The molecule has 1 heterocycles. The average Bonchev–Trinajstić information content (AvgIpc) is 2.73. The molecule has 0 aliphatic carbocycles. The van der Waals surface area contributed by atoms with Gasteiger partial charge < -0.3 is 9.67 Å². The molecule has 3 nitrogen and oxygen atoms in total. The van der Waals surface area contributed by atoms with E-state index in [2.05, 4.69) is 15.9 Å². The number of carbonyl (C=O) groups is 1. The lowest BCUT2D eigenvalue weighted by molar-refractivity contribution is 0.0696. The lowest BCUT2D eigenvalue weighted by Gasteiger charge is -2.08. The van der Waals surface area contributed by atoms with Gasteiger partial charge in [-0.3, -0.25) is 0 Å². The van der Waals surface area contributed by atoms with Crippen LogP contribution in [-0.2, 0) is 6.42 Å². The molecule has 0 saturated heterocycles. The third-order valence-electron chi connectivity index (χ3n) is 2.66. The summed E-state index contributed by atoms with van der Waals surface area (Å²) >= 11 is 3.38. The first-order valence-corrected chi connectivity index (χ1v) is 6.12. The zero-order valence-electron chi connectivity index (χ0n) is 9.35. The maximum absolute atomic E-state index is 11.1. The van der Waals surface area contributed by atoms with E-state index in [1.807, 2.05) is 35.8 Å². The Hall–Kier alpha value is -1.55. The maximum atomic E-state index is 11.1. The number of carboxylic acids is 1. The third-order valence-corrected chi connectivity index (χ3v) is 3.19. The Morgan fingerprint density at radius 2 is 1.94 bits per heavy atom. The number of nitrogens with zero attached hydrogens (tertiary/aromatic N) is 1. The van der Waals surface area contributed by atoms with Crippen LogP contribution in [0.25, 0.3) is 5.69 Å². The van der Waals surface area contributed by atoms with Crippen molar-refractivity contribution in [3.8, 4) is 5.69 Å². The molecule has 1 aromatic heterocycles. The van der Waals surface area contributed by atoms with Crippen molar-refractivity contribution in [2.45, 2.75) is 13.3 Å². The highest BCUT2D eigenvalue weighted by molar-refractivity contribution is 9.10. The maximum Gasteiger partial charge on any atom is 0.337 e. The molecule has 2 aromatic rings. The number of halogens is 1. The van der Waals surface area contributed by atoms with E-state index < -0.39 is 5.97 Å². The van der Waals surface area contributed by atoms with Gasteiger partial charge in [-0.2, -0.15) is 0 Å². The molecule has 1 N–H and O–H groups in total. The van der Waals surface area contributed by atoms with Gasteiger partial charge in [0.2, 0.25) is 0 Å². The van der Waals surface area contributed by atoms with Crippen molar-refractivity contribution in [3.05, 3.63) is 52.3 Å². The minimum atomic E-state index is -0.877. The SMILES string of the molecule is CCc1c(C(=O)O)ccn1-c1ccc(Br)cc1. The van der Waals surface area contributed by atoms with Crippen LogP contribution in [0.5, 0.6) is 0 Å². The zero-order valence-corrected chi connectivity index (χ0v) is 10.9. The van der Waals surface area contributed by atoms with Crippen LogP contribution in [-0.4, -0.2) is 15.6 Å². The van der Waals surface area contributed by atoms with Gasteiger partial charge in [-0.05, 0) is 36.8 Å². The second-order valence-electron chi connectivity index (χ2n) is 3.68. The van der Waals surface area contributed by atoms with E-state index in [1.165, 1.54) is 0 Å². The Labute approximate surface area is 108 Å². The third kappa shape index (κ3) is 2.26. The van der Waals surface area contributed by atoms with Crippen molar-refractivity contribution in [1.29, 1.82) is 0 Å². The largest absolute Gasteiger partial charge is 0.478 e. The van der Waals surface area contributed by atoms with Crippen LogP contribution in [0.2, 0.25) is 0 Å². The summed E-state index contributed by atoms with van der Waals surface area (Å²) in [6, 6.07) is 9.43. The summed E-state index contributed by atoms with van der Waals surface area (Å²) in [5, 5.41) is 9.08. The summed E-state index contributed by atoms with van der Waals surface area (Å²) in [7, 11) is 0. The van der Waals surface area contributed by atoms with Crippen molar-refractivity contribution >= 4 is 21.9 Å². The summed E-state index contributed by atoms with van der Waals surface area (Å²) in [6.45, 7) is 1.96. The van der Waals surface area contributed by atoms with Crippen LogP contribution < -0.4 is 0 Å². The van der Waals surface area contributed by atoms with Gasteiger partial charge >= 0.3 is 5.97 Å². The van der Waals surface area contributed by atoms with E-state index in [4.69, 9.17) is 5.11 Å². The van der Waals surface area contributed by atoms with Crippen molar-refractivity contribution in [2.75, 3.05) is 0 Å². The number of benzene rings is 1. The first-order chi connectivity index (χ1) is 8.13. The number of carboxylic acid groups (broad SMARTS) is 1. The van der Waals surface area contributed by atoms with E-state index in [1.54, 1.807) is 12.3 Å². The molecule has 0 aliphatic rings. The Morgan fingerprint density at radius 3 is 2.47 bits per heavy atom. The van der Waals surface area contributed by atoms with Gasteiger partial charge in [-0.25, -0.2) is 4.79 Å². The van der Waals surface area contributed by atoms with E-state index in [9.17, 15) is 4.79 Å². The van der Waals surface area contributed by atoms with Gasteiger partial charge in [-0.15, -0.1) is 0 Å². The van der Waals surface area contributed by atoms with Gasteiger partial charge in [0.1, 0.15) is 0 Å². The van der Waals surface area contributed by atoms with Crippen molar-refractivity contribution in [2.24, 2.45) is 0 Å². The Balaban J connectivity index is 2.52. The molecular formula is C13H12BrNO2. The predicted octanol–water partition coefficient (Wildman–Crippen LogP) is 3.50. The van der Waals surface area contributed by atoms with Crippen LogP contribution in [0.15, 0.2) is 41.0 Å². The normalized spacial score (nSPS) is 10.5. The lowest BCUT2D eigenvalue weighted by atomic mass is 10.2. The summed E-state index contributed by atoms with van der Waals surface area (Å²) < 4.78 is 2.92. The molecule has 88 valence electrons. The first-order valence-electron chi connectivity index (χ1n) is 5.33. The fourth-order valence-corrected chi connectivity index (χ4v) is 2.13. The second-order valence-corrected chi connectivity index (χ2v) is 4.60. The van der Waals surface area contributed by atoms with E-state index >= 15 is 0 Å². The molecule has 4 heteroatoms. The van der Waals surface area contributed by atoms with E-state index in [0.29, 0.717) is 12.0 Å². The monoisotopic (exact) mass is 293 g/mol. The highest BCUT2D eigenvalue weighted by Gasteiger charge is 2.14. The molecule has 1 aromatic carbocycles. The van der Waals surface area contributed by atoms with Gasteiger partial charge in [0.15, 0.2) is 0 Å². The fraction of sp³-hybridized carbons (Fsp3) is 0.154. The second kappa shape index (κ2) is 4.75. The van der Waals surface area contributed by atoms with Crippen LogP contribution in [0.4, 0.5) is 0 Å². The molecule has 0 amide bonds. The molecule has 0 saturated carbocycles. The molecule has 0 spiro atoms. The fourth-order valence-electron chi connectivity index (χ4n) is 1.86. The van der Waals surface area contributed by atoms with Crippen molar-refractivity contribution in [3.63, 3.8) is 0 Å². The van der Waals surface area contributed by atoms with E-state index in [0.717, 1.165) is 15.9 Å². The molecular weight excluding hydrogens is 282 g/mol. The molecule has 0 radical (unpaired) electrons. The zero-order chi connectivity index (χ0) is 12.4. The number of aromatic carboxylic acids is 1. The predicted molar refractivity (Wildman–Crippen MR) is 69.8 cm³/mol. The topological polar surface area (TPSA) is 42.2 Å². The highest BCUT2D eigenvalue weighted by Crippen LogP contribution is 2.20. The smallest absolute Gasteiger partial charge is 0.337 e. The average molecular weight is 294 g/mol. The minimum Gasteiger partial charge on any atom is -0.478 e. The van der Waals surface area contributed by atoms with Gasteiger partial charge in [-0.1, -0.05) is 22.9 Å². The number of hydrogen-bond donors (Lipinski definition) is 1. The molecule has 17 heavy (non-hydrogen) atoms. The van der Waals surface area contributed by atoms with Crippen LogP contribution in [0.3, 0.4) is 0 Å². The van der Waals surface area contributed by atoms with Crippen LogP contribution >= 0.6 is 15.9 Å². The first kappa shape index (κ1) is 11.9. The van der Waals surface area contributed by atoms with Crippen molar-refractivity contribution < 1.29 is 9.90 Å². The number of aromatic nitrogens is 1. The van der Waals surface area contributed by atoms with Crippen molar-refractivity contribution in [1.82, 2.24) is 4.57 Å². The minimum absolute atomic E-state index is 0.371. The summed E-state index contributed by atoms with van der Waals surface area (Å²) in [4.78, 5) is 11.1. The molecule has 0 bridgehead atoms.